The molecule has 0 bridgehead atoms. The average molecular weight is 397 g/mol. The molecule has 0 aliphatic carbocycles. The molecule has 1 aromatic carbocycles. The number of nitro groups is 1. The fraction of sp³-hybridized carbons (Fsp3) is 0.188. The first-order valence-corrected chi connectivity index (χ1v) is 7.85. The Hall–Kier alpha value is -3.27. The van der Waals surface area contributed by atoms with E-state index in [-0.39, 0.29) is 17.1 Å². The molecule has 0 saturated carbocycles. The molecule has 0 aliphatic heterocycles. The van der Waals surface area contributed by atoms with E-state index in [1.54, 1.807) is 0 Å². The van der Waals surface area contributed by atoms with E-state index >= 15 is 0 Å². The number of benzene rings is 1. The van der Waals surface area contributed by atoms with Crippen molar-refractivity contribution in [2.75, 3.05) is 7.05 Å². The van der Waals surface area contributed by atoms with Crippen LogP contribution >= 0.6 is 11.6 Å². The Morgan fingerprint density at radius 3 is 2.63 bits per heavy atom. The number of hydrogen-bond donors (Lipinski definition) is 1. The molecule has 27 heavy (non-hydrogen) atoms. The molecular formula is C16H14ClFN4O5. The van der Waals surface area contributed by atoms with Gasteiger partial charge in [0.2, 0.25) is 5.91 Å². The van der Waals surface area contributed by atoms with E-state index in [1.165, 1.54) is 25.2 Å². The van der Waals surface area contributed by atoms with Crippen LogP contribution in [0.4, 0.5) is 10.1 Å². The predicted molar refractivity (Wildman–Crippen MR) is 93.8 cm³/mol. The van der Waals surface area contributed by atoms with Crippen LogP contribution in [0.2, 0.25) is 5.02 Å². The van der Waals surface area contributed by atoms with Crippen LogP contribution in [0.5, 0.6) is 0 Å². The lowest BCUT2D eigenvalue weighted by atomic mass is 10.2. The zero-order valence-corrected chi connectivity index (χ0v) is 14.8. The van der Waals surface area contributed by atoms with Gasteiger partial charge in [-0.15, -0.1) is 0 Å². The topological polar surface area (TPSA) is 129 Å². The molecule has 9 nitrogen and oxygen atoms in total. The zero-order chi connectivity index (χ0) is 20.3. The summed E-state index contributed by atoms with van der Waals surface area (Å²) in [7, 11) is 1.35. The first-order chi connectivity index (χ1) is 12.6. The first-order valence-electron chi connectivity index (χ1n) is 7.47. The van der Waals surface area contributed by atoms with E-state index in [0.29, 0.717) is 4.57 Å². The molecule has 2 amide bonds. The highest BCUT2D eigenvalue weighted by Gasteiger charge is 2.20. The van der Waals surface area contributed by atoms with E-state index in [4.69, 9.17) is 17.3 Å². The van der Waals surface area contributed by atoms with E-state index in [9.17, 15) is 28.9 Å². The third-order valence-corrected chi connectivity index (χ3v) is 4.09. The zero-order valence-electron chi connectivity index (χ0n) is 14.0. The van der Waals surface area contributed by atoms with Crippen molar-refractivity contribution >= 4 is 29.1 Å². The van der Waals surface area contributed by atoms with E-state index in [2.05, 4.69) is 0 Å². The SMILES string of the molecule is CN(Cc1c(F)cccc1Cl)C(=O)Cn1cc([N+](=O)[O-])cc(C(N)=O)c1=O. The summed E-state index contributed by atoms with van der Waals surface area (Å²) in [5.74, 6) is -2.42. The van der Waals surface area contributed by atoms with Gasteiger partial charge in [0.1, 0.15) is 17.9 Å². The van der Waals surface area contributed by atoms with Crippen molar-refractivity contribution in [3.63, 3.8) is 0 Å². The molecule has 2 aromatic rings. The largest absolute Gasteiger partial charge is 0.365 e. The van der Waals surface area contributed by atoms with Crippen LogP contribution in [0.25, 0.3) is 0 Å². The number of carbonyl (C=O) groups excluding carboxylic acids is 2. The monoisotopic (exact) mass is 396 g/mol. The number of halogens is 2. The summed E-state index contributed by atoms with van der Waals surface area (Å²) in [5, 5.41) is 11.1. The van der Waals surface area contributed by atoms with Crippen molar-refractivity contribution in [2.45, 2.75) is 13.1 Å². The van der Waals surface area contributed by atoms with E-state index in [0.717, 1.165) is 17.2 Å². The average Bonchev–Trinajstić information content (AvgIpc) is 2.59. The maximum absolute atomic E-state index is 13.8. The fourth-order valence-corrected chi connectivity index (χ4v) is 2.51. The number of aromatic nitrogens is 1. The second-order valence-corrected chi connectivity index (χ2v) is 6.02. The van der Waals surface area contributed by atoms with Gasteiger partial charge in [-0.2, -0.15) is 0 Å². The van der Waals surface area contributed by atoms with Gasteiger partial charge in [-0.3, -0.25) is 29.1 Å². The molecule has 11 heteroatoms. The smallest absolute Gasteiger partial charge is 0.286 e. The number of primary amides is 1. The molecule has 2 N–H and O–H groups in total. The van der Waals surface area contributed by atoms with Crippen LogP contribution < -0.4 is 11.3 Å². The van der Waals surface area contributed by atoms with Crippen LogP contribution in [-0.4, -0.2) is 33.3 Å². The van der Waals surface area contributed by atoms with Crippen molar-refractivity contribution in [3.8, 4) is 0 Å². The molecule has 142 valence electrons. The third kappa shape index (κ3) is 4.47. The molecule has 0 atom stereocenters. The fourth-order valence-electron chi connectivity index (χ4n) is 2.29. The van der Waals surface area contributed by atoms with Gasteiger partial charge >= 0.3 is 0 Å². The van der Waals surface area contributed by atoms with Crippen molar-refractivity contribution in [3.05, 3.63) is 72.9 Å². The standard InChI is InChI=1S/C16H14ClFN4O5/c1-20(7-11-12(17)3-2-4-13(11)18)14(23)8-21-6-9(22(26)27)5-10(15(19)24)16(21)25/h2-6H,7-8H2,1H3,(H2,19,24). The minimum atomic E-state index is -1.16. The van der Waals surface area contributed by atoms with Crippen LogP contribution in [-0.2, 0) is 17.9 Å². The molecule has 0 spiro atoms. The summed E-state index contributed by atoms with van der Waals surface area (Å²) in [6, 6.07) is 4.80. The number of likely N-dealkylation sites (N-methyl/N-ethyl adjacent to an activating group) is 1. The van der Waals surface area contributed by atoms with Gasteiger partial charge in [-0.05, 0) is 12.1 Å². The van der Waals surface area contributed by atoms with Gasteiger partial charge in [-0.1, -0.05) is 17.7 Å². The maximum Gasteiger partial charge on any atom is 0.286 e. The van der Waals surface area contributed by atoms with Gasteiger partial charge in [-0.25, -0.2) is 4.39 Å². The van der Waals surface area contributed by atoms with Gasteiger partial charge < -0.3 is 10.6 Å². The quantitative estimate of drug-likeness (QED) is 0.581. The number of pyridine rings is 1. The Bertz CT molecular complexity index is 971. The van der Waals surface area contributed by atoms with Crippen LogP contribution in [0, 0.1) is 15.9 Å². The number of nitrogens with two attached hydrogens (primary N) is 1. The second-order valence-electron chi connectivity index (χ2n) is 5.62. The van der Waals surface area contributed by atoms with Crippen LogP contribution in [0.1, 0.15) is 15.9 Å². The van der Waals surface area contributed by atoms with Crippen molar-refractivity contribution < 1.29 is 18.9 Å². The summed E-state index contributed by atoms with van der Waals surface area (Å²) >= 11 is 5.92. The predicted octanol–water partition coefficient (Wildman–Crippen LogP) is 1.31. The minimum absolute atomic E-state index is 0.0826. The Morgan fingerprint density at radius 2 is 2.07 bits per heavy atom. The second kappa shape index (κ2) is 7.96. The molecule has 1 heterocycles. The molecule has 2 rings (SSSR count). The van der Waals surface area contributed by atoms with Gasteiger partial charge in [0.05, 0.1) is 11.1 Å². The molecular weight excluding hydrogens is 383 g/mol. The van der Waals surface area contributed by atoms with Crippen LogP contribution in [0.3, 0.4) is 0 Å². The van der Waals surface area contributed by atoms with Gasteiger partial charge in [0, 0.05) is 30.2 Å². The van der Waals surface area contributed by atoms with Crippen molar-refractivity contribution in [1.82, 2.24) is 9.47 Å². The Kier molecular flexibility index (Phi) is 5.91. The summed E-state index contributed by atoms with van der Waals surface area (Å²) < 4.78 is 14.6. The minimum Gasteiger partial charge on any atom is -0.365 e. The highest BCUT2D eigenvalue weighted by Crippen LogP contribution is 2.20. The number of rotatable bonds is 6. The number of hydrogen-bond acceptors (Lipinski definition) is 5. The number of carbonyl (C=O) groups is 2. The highest BCUT2D eigenvalue weighted by molar-refractivity contribution is 6.31. The molecule has 0 radical (unpaired) electrons. The lowest BCUT2D eigenvalue weighted by Crippen LogP contribution is -2.36. The summed E-state index contributed by atoms with van der Waals surface area (Å²) in [6.45, 7) is -0.792. The lowest BCUT2D eigenvalue weighted by molar-refractivity contribution is -0.385. The highest BCUT2D eigenvalue weighted by atomic mass is 35.5. The molecule has 0 aliphatic rings. The van der Waals surface area contributed by atoms with Crippen LogP contribution in [0.15, 0.2) is 35.3 Å². The maximum atomic E-state index is 13.8. The van der Waals surface area contributed by atoms with Crippen molar-refractivity contribution in [1.29, 1.82) is 0 Å². The van der Waals surface area contributed by atoms with Gasteiger partial charge in [0.25, 0.3) is 17.2 Å². The normalized spacial score (nSPS) is 10.5. The molecule has 1 aromatic heterocycles. The van der Waals surface area contributed by atoms with E-state index < -0.39 is 45.9 Å². The van der Waals surface area contributed by atoms with Gasteiger partial charge in [0.15, 0.2) is 0 Å². The first kappa shape index (κ1) is 20.0. The number of amides is 2. The Labute approximate surface area is 156 Å². The lowest BCUT2D eigenvalue weighted by Gasteiger charge is -2.19. The summed E-state index contributed by atoms with van der Waals surface area (Å²) in [6.07, 6.45) is 0.830. The molecule has 0 saturated heterocycles. The van der Waals surface area contributed by atoms with E-state index in [1.807, 2.05) is 0 Å². The molecule has 0 unspecified atom stereocenters. The van der Waals surface area contributed by atoms with Crippen molar-refractivity contribution in [2.24, 2.45) is 5.73 Å². The number of nitrogens with zero attached hydrogens (tertiary/aromatic N) is 3. The Morgan fingerprint density at radius 1 is 1.41 bits per heavy atom. The third-order valence-electron chi connectivity index (χ3n) is 3.74. The molecule has 0 fully saturated rings. The Balaban J connectivity index is 2.30. The summed E-state index contributed by atoms with van der Waals surface area (Å²) in [5.41, 5.74) is 3.00. The summed E-state index contributed by atoms with van der Waals surface area (Å²) in [4.78, 5) is 47.1.